The van der Waals surface area contributed by atoms with E-state index < -0.39 is 17.6 Å². The van der Waals surface area contributed by atoms with Gasteiger partial charge in [-0.05, 0) is 17.7 Å². The van der Waals surface area contributed by atoms with E-state index in [1.54, 1.807) is 0 Å². The molecule has 0 aliphatic heterocycles. The van der Waals surface area contributed by atoms with Gasteiger partial charge in [0.2, 0.25) is 0 Å². The van der Waals surface area contributed by atoms with Crippen LogP contribution in [-0.4, -0.2) is 7.11 Å². The lowest BCUT2D eigenvalue weighted by Gasteiger charge is -2.15. The number of halogens is 4. The van der Waals surface area contributed by atoms with Crippen LogP contribution in [-0.2, 0) is 6.18 Å². The lowest BCUT2D eigenvalue weighted by atomic mass is 9.98. The van der Waals surface area contributed by atoms with Gasteiger partial charge in [0.25, 0.3) is 0 Å². The van der Waals surface area contributed by atoms with Crippen molar-refractivity contribution in [1.29, 1.82) is 0 Å². The molecule has 0 aliphatic rings. The molecular weight excluding hydrogens is 260 g/mol. The molecule has 0 bridgehead atoms. The lowest BCUT2D eigenvalue weighted by Crippen LogP contribution is -2.07. The predicted molar refractivity (Wildman–Crippen MR) is 63.4 cm³/mol. The minimum Gasteiger partial charge on any atom is -0.493 e. The Hall–Kier alpha value is -2.04. The van der Waals surface area contributed by atoms with Crippen LogP contribution in [0.4, 0.5) is 17.6 Å². The van der Waals surface area contributed by atoms with E-state index >= 15 is 0 Å². The lowest BCUT2D eigenvalue weighted by molar-refractivity contribution is -0.137. The highest BCUT2D eigenvalue weighted by Crippen LogP contribution is 2.40. The zero-order valence-corrected chi connectivity index (χ0v) is 9.96. The number of hydrogen-bond acceptors (Lipinski definition) is 1. The summed E-state index contributed by atoms with van der Waals surface area (Å²) >= 11 is 0. The number of para-hydroxylation sites is 1. The maximum absolute atomic E-state index is 13.6. The number of ether oxygens (including phenoxy) is 1. The number of alkyl halides is 3. The van der Waals surface area contributed by atoms with Crippen LogP contribution in [0.5, 0.6) is 5.75 Å². The maximum atomic E-state index is 13.6. The van der Waals surface area contributed by atoms with Crippen LogP contribution in [0, 0.1) is 5.82 Å². The Balaban J connectivity index is 2.70. The molecule has 2 aromatic carbocycles. The van der Waals surface area contributed by atoms with E-state index in [2.05, 4.69) is 0 Å². The molecule has 0 saturated carbocycles. The minimum atomic E-state index is -4.51. The van der Waals surface area contributed by atoms with Gasteiger partial charge in [0.05, 0.1) is 12.7 Å². The fraction of sp³-hybridized carbons (Fsp3) is 0.143. The molecule has 2 rings (SSSR count). The number of rotatable bonds is 2. The van der Waals surface area contributed by atoms with Crippen molar-refractivity contribution in [2.75, 3.05) is 7.11 Å². The quantitative estimate of drug-likeness (QED) is 0.729. The molecule has 1 nitrogen and oxygen atoms in total. The highest BCUT2D eigenvalue weighted by Gasteiger charge is 2.34. The zero-order chi connectivity index (χ0) is 14.0. The summed E-state index contributed by atoms with van der Waals surface area (Å²) in [5, 5.41) is 0. The third-order valence-corrected chi connectivity index (χ3v) is 2.69. The van der Waals surface area contributed by atoms with Gasteiger partial charge in [-0.25, -0.2) is 4.39 Å². The second-order valence-corrected chi connectivity index (χ2v) is 3.86. The fourth-order valence-electron chi connectivity index (χ4n) is 1.89. The molecule has 0 atom stereocenters. The topological polar surface area (TPSA) is 9.23 Å². The maximum Gasteiger partial charge on any atom is 0.417 e. The summed E-state index contributed by atoms with van der Waals surface area (Å²) in [6, 6.07) is 8.89. The van der Waals surface area contributed by atoms with Gasteiger partial charge in [-0.3, -0.25) is 0 Å². The van der Waals surface area contributed by atoms with E-state index in [0.717, 1.165) is 12.1 Å². The molecule has 0 aromatic heterocycles. The minimum absolute atomic E-state index is 0.0791. The van der Waals surface area contributed by atoms with Gasteiger partial charge < -0.3 is 4.74 Å². The monoisotopic (exact) mass is 270 g/mol. The summed E-state index contributed by atoms with van der Waals surface area (Å²) in [7, 11) is 1.22. The summed E-state index contributed by atoms with van der Waals surface area (Å²) in [5.41, 5.74) is -0.847. The van der Waals surface area contributed by atoms with E-state index in [1.807, 2.05) is 0 Å². The molecule has 0 heterocycles. The second-order valence-electron chi connectivity index (χ2n) is 3.86. The predicted octanol–water partition coefficient (Wildman–Crippen LogP) is 4.52. The van der Waals surface area contributed by atoms with Crippen LogP contribution in [0.1, 0.15) is 5.56 Å². The normalized spacial score (nSPS) is 11.4. The average molecular weight is 270 g/mol. The van der Waals surface area contributed by atoms with E-state index in [0.29, 0.717) is 0 Å². The highest BCUT2D eigenvalue weighted by atomic mass is 19.4. The van der Waals surface area contributed by atoms with E-state index in [4.69, 9.17) is 4.74 Å². The van der Waals surface area contributed by atoms with Crippen LogP contribution in [0.15, 0.2) is 42.5 Å². The summed E-state index contributed by atoms with van der Waals surface area (Å²) in [6.07, 6.45) is -4.51. The third kappa shape index (κ3) is 2.54. The van der Waals surface area contributed by atoms with Gasteiger partial charge in [0.1, 0.15) is 0 Å². The molecule has 0 fully saturated rings. The number of benzene rings is 2. The van der Waals surface area contributed by atoms with Crippen molar-refractivity contribution < 1.29 is 22.3 Å². The first kappa shape index (κ1) is 13.4. The molecule has 0 amide bonds. The van der Waals surface area contributed by atoms with Gasteiger partial charge in [-0.15, -0.1) is 0 Å². The highest BCUT2D eigenvalue weighted by molar-refractivity contribution is 5.74. The Kier molecular flexibility index (Phi) is 3.46. The largest absolute Gasteiger partial charge is 0.493 e. The average Bonchev–Trinajstić information content (AvgIpc) is 2.37. The summed E-state index contributed by atoms with van der Waals surface area (Å²) < 4.78 is 57.2. The molecule has 19 heavy (non-hydrogen) atoms. The molecule has 0 unspecified atom stereocenters. The number of hydrogen-bond donors (Lipinski definition) is 0. The first-order valence-corrected chi connectivity index (χ1v) is 5.44. The Bertz CT molecular complexity index is 590. The molecule has 0 N–H and O–H groups in total. The number of methoxy groups -OCH3 is 1. The first-order chi connectivity index (χ1) is 8.95. The van der Waals surface area contributed by atoms with E-state index in [-0.39, 0.29) is 16.9 Å². The van der Waals surface area contributed by atoms with Crippen molar-refractivity contribution in [3.8, 4) is 16.9 Å². The van der Waals surface area contributed by atoms with Gasteiger partial charge >= 0.3 is 6.18 Å². The molecule has 0 aliphatic carbocycles. The molecule has 100 valence electrons. The van der Waals surface area contributed by atoms with Gasteiger partial charge in [0, 0.05) is 5.56 Å². The molecule has 0 radical (unpaired) electrons. The van der Waals surface area contributed by atoms with Crippen LogP contribution >= 0.6 is 0 Å². The zero-order valence-electron chi connectivity index (χ0n) is 9.96. The van der Waals surface area contributed by atoms with E-state index in [9.17, 15) is 17.6 Å². The Morgan fingerprint density at radius 2 is 1.53 bits per heavy atom. The Morgan fingerprint density at radius 1 is 0.895 bits per heavy atom. The summed E-state index contributed by atoms with van der Waals surface area (Å²) in [5.74, 6) is -0.892. The molecule has 2 aromatic rings. The van der Waals surface area contributed by atoms with E-state index in [1.165, 1.54) is 37.4 Å². The molecule has 5 heteroatoms. The summed E-state index contributed by atoms with van der Waals surface area (Å²) in [4.78, 5) is 0. The Labute approximate surface area is 107 Å². The van der Waals surface area contributed by atoms with Crippen LogP contribution < -0.4 is 4.74 Å². The van der Waals surface area contributed by atoms with Crippen molar-refractivity contribution in [3.05, 3.63) is 53.8 Å². The van der Waals surface area contributed by atoms with Crippen molar-refractivity contribution in [3.63, 3.8) is 0 Å². The first-order valence-electron chi connectivity index (χ1n) is 5.44. The fourth-order valence-corrected chi connectivity index (χ4v) is 1.89. The second kappa shape index (κ2) is 4.91. The van der Waals surface area contributed by atoms with Crippen LogP contribution in [0.2, 0.25) is 0 Å². The van der Waals surface area contributed by atoms with Crippen molar-refractivity contribution in [2.45, 2.75) is 6.18 Å². The van der Waals surface area contributed by atoms with Crippen molar-refractivity contribution in [2.24, 2.45) is 0 Å². The van der Waals surface area contributed by atoms with Gasteiger partial charge in [0.15, 0.2) is 11.6 Å². The summed E-state index contributed by atoms with van der Waals surface area (Å²) in [6.45, 7) is 0. The van der Waals surface area contributed by atoms with Crippen molar-refractivity contribution in [1.82, 2.24) is 0 Å². The van der Waals surface area contributed by atoms with Gasteiger partial charge in [-0.1, -0.05) is 30.3 Å². The van der Waals surface area contributed by atoms with Crippen molar-refractivity contribution >= 4 is 0 Å². The molecule has 0 spiro atoms. The molecular formula is C14H10F4O. The standard InChI is InChI=1S/C14H10F4O/c1-19-13-10(6-4-8-12(13)15)9-5-2-3-7-11(9)14(16,17)18/h2-8H,1H3. The smallest absolute Gasteiger partial charge is 0.417 e. The molecule has 0 saturated heterocycles. The Morgan fingerprint density at radius 3 is 2.16 bits per heavy atom. The van der Waals surface area contributed by atoms with Crippen LogP contribution in [0.25, 0.3) is 11.1 Å². The SMILES string of the molecule is COc1c(F)cccc1-c1ccccc1C(F)(F)F. The van der Waals surface area contributed by atoms with Crippen LogP contribution in [0.3, 0.4) is 0 Å². The van der Waals surface area contributed by atoms with Gasteiger partial charge in [-0.2, -0.15) is 13.2 Å². The third-order valence-electron chi connectivity index (χ3n) is 2.69.